The van der Waals surface area contributed by atoms with Gasteiger partial charge < -0.3 is 14.8 Å². The minimum Gasteiger partial charge on any atom is -0.368 e. The average Bonchev–Trinajstić information content (AvgIpc) is 2.55. The highest BCUT2D eigenvalue weighted by Crippen LogP contribution is 2.47. The lowest BCUT2D eigenvalue weighted by molar-refractivity contribution is 0.287. The Morgan fingerprint density at radius 1 is 1.23 bits per heavy atom. The van der Waals surface area contributed by atoms with Crippen LogP contribution in [0.4, 0.5) is 17.5 Å². The van der Waals surface area contributed by atoms with Crippen LogP contribution >= 0.6 is 19.2 Å². The minimum atomic E-state index is -3.41. The number of nitrogens with zero attached hydrogens (tertiary/aromatic N) is 2. The van der Waals surface area contributed by atoms with Crippen LogP contribution in [-0.2, 0) is 13.6 Å². The number of nitrogens with one attached hydrogen (secondary N) is 2. The Labute approximate surface area is 132 Å². The third kappa shape index (κ3) is 3.48. The molecule has 0 aliphatic carbocycles. The number of hydrogen-bond donors (Lipinski definition) is 3. The highest BCUT2D eigenvalue weighted by Gasteiger charge is 2.27. The van der Waals surface area contributed by atoms with Crippen LogP contribution in [0.3, 0.4) is 0 Å². The molecule has 4 N–H and O–H groups in total. The van der Waals surface area contributed by atoms with E-state index in [0.717, 1.165) is 0 Å². The van der Waals surface area contributed by atoms with E-state index in [1.807, 2.05) is 0 Å². The van der Waals surface area contributed by atoms with Gasteiger partial charge in [-0.05, 0) is 12.1 Å². The number of hydrazine groups is 1. The first-order chi connectivity index (χ1) is 10.5. The lowest BCUT2D eigenvalue weighted by Crippen LogP contribution is -2.19. The predicted molar refractivity (Wildman–Crippen MR) is 86.4 cm³/mol. The van der Waals surface area contributed by atoms with Gasteiger partial charge in [-0.3, -0.25) is 15.4 Å². The fourth-order valence-electron chi connectivity index (χ4n) is 1.68. The van der Waals surface area contributed by atoms with Crippen LogP contribution in [0.5, 0.6) is 0 Å². The molecule has 0 fully saturated rings. The van der Waals surface area contributed by atoms with Gasteiger partial charge in [0.25, 0.3) is 0 Å². The monoisotopic (exact) mass is 343 g/mol. The summed E-state index contributed by atoms with van der Waals surface area (Å²) in [5, 5.41) is 0.645. The molecule has 0 amide bonds. The number of para-hydroxylation sites is 1. The van der Waals surface area contributed by atoms with Crippen molar-refractivity contribution in [2.45, 2.75) is 0 Å². The van der Waals surface area contributed by atoms with Gasteiger partial charge in [0.1, 0.15) is 5.02 Å². The van der Waals surface area contributed by atoms with E-state index >= 15 is 0 Å². The van der Waals surface area contributed by atoms with Gasteiger partial charge in [-0.2, -0.15) is 4.98 Å². The Balaban J connectivity index is 2.27. The van der Waals surface area contributed by atoms with Gasteiger partial charge in [0.15, 0.2) is 5.82 Å². The normalized spacial score (nSPS) is 11.2. The molecular weight excluding hydrogens is 329 g/mol. The van der Waals surface area contributed by atoms with Gasteiger partial charge in [-0.15, -0.1) is 0 Å². The molecule has 1 heterocycles. The number of nitrogens with two attached hydrogens (primary N) is 1. The van der Waals surface area contributed by atoms with Crippen LogP contribution in [-0.4, -0.2) is 24.2 Å². The first kappa shape index (κ1) is 16.5. The van der Waals surface area contributed by atoms with E-state index in [4.69, 9.17) is 26.4 Å². The molecule has 0 aliphatic heterocycles. The van der Waals surface area contributed by atoms with Crippen LogP contribution in [0.15, 0.2) is 30.5 Å². The number of rotatable bonds is 6. The fourth-order valence-corrected chi connectivity index (χ4v) is 3.06. The summed E-state index contributed by atoms with van der Waals surface area (Å²) < 4.78 is 22.5. The maximum absolute atomic E-state index is 12.5. The van der Waals surface area contributed by atoms with Gasteiger partial charge >= 0.3 is 7.60 Å². The molecule has 0 saturated heterocycles. The predicted octanol–water partition coefficient (Wildman–Crippen LogP) is 2.26. The van der Waals surface area contributed by atoms with Crippen molar-refractivity contribution in [1.29, 1.82) is 0 Å². The highest BCUT2D eigenvalue weighted by molar-refractivity contribution is 7.62. The van der Waals surface area contributed by atoms with Crippen molar-refractivity contribution >= 4 is 42.0 Å². The van der Waals surface area contributed by atoms with Crippen molar-refractivity contribution in [3.63, 3.8) is 0 Å². The molecule has 0 radical (unpaired) electrons. The molecule has 22 heavy (non-hydrogen) atoms. The standard InChI is InChI=1S/C12H15ClN5O3P/c1-20-22(19,21-2)10-6-4-3-5-9(10)17-18-11-8(13)7-15-12(14)16-11/h3-7,17H,1-2H3,(H3,14,15,16,18). The number of aromatic nitrogens is 2. The van der Waals surface area contributed by atoms with Crippen LogP contribution in [0.2, 0.25) is 5.02 Å². The highest BCUT2D eigenvalue weighted by atomic mass is 35.5. The summed E-state index contributed by atoms with van der Waals surface area (Å²) in [5.74, 6) is 0.357. The lowest BCUT2D eigenvalue weighted by Gasteiger charge is -2.18. The number of nitrogen functional groups attached to an aromatic ring is 1. The van der Waals surface area contributed by atoms with Gasteiger partial charge in [-0.1, -0.05) is 23.7 Å². The summed E-state index contributed by atoms with van der Waals surface area (Å²) in [6, 6.07) is 6.82. The van der Waals surface area contributed by atoms with Crippen molar-refractivity contribution in [2.75, 3.05) is 30.8 Å². The van der Waals surface area contributed by atoms with E-state index in [-0.39, 0.29) is 16.8 Å². The van der Waals surface area contributed by atoms with E-state index in [0.29, 0.717) is 11.0 Å². The van der Waals surface area contributed by atoms with Crippen LogP contribution in [0.25, 0.3) is 0 Å². The zero-order chi connectivity index (χ0) is 16.2. The average molecular weight is 344 g/mol. The van der Waals surface area contributed by atoms with Gasteiger partial charge in [0.2, 0.25) is 5.95 Å². The quantitative estimate of drug-likeness (QED) is 0.541. The molecule has 0 unspecified atom stereocenters. The SMILES string of the molecule is COP(=O)(OC)c1ccccc1NNc1nc(N)ncc1Cl. The molecule has 2 aromatic rings. The summed E-state index contributed by atoms with van der Waals surface area (Å²) in [6.07, 6.45) is 1.37. The number of anilines is 3. The first-order valence-electron chi connectivity index (χ1n) is 6.11. The molecule has 0 aliphatic rings. The lowest BCUT2D eigenvalue weighted by atomic mass is 10.3. The number of hydrogen-bond acceptors (Lipinski definition) is 8. The third-order valence-corrected chi connectivity index (χ3v) is 4.98. The topological polar surface area (TPSA) is 111 Å². The molecule has 0 spiro atoms. The Bertz CT molecular complexity index is 707. The van der Waals surface area contributed by atoms with E-state index in [9.17, 15) is 4.57 Å². The van der Waals surface area contributed by atoms with Crippen molar-refractivity contribution < 1.29 is 13.6 Å². The summed E-state index contributed by atoms with van der Waals surface area (Å²) in [6.45, 7) is 0. The Morgan fingerprint density at radius 3 is 2.59 bits per heavy atom. The van der Waals surface area contributed by atoms with Gasteiger partial charge in [-0.25, -0.2) is 4.98 Å². The maximum atomic E-state index is 12.5. The Morgan fingerprint density at radius 2 is 1.91 bits per heavy atom. The molecule has 2 rings (SSSR count). The van der Waals surface area contributed by atoms with Crippen LogP contribution in [0, 0.1) is 0 Å². The molecule has 0 saturated carbocycles. The molecular formula is C12H15ClN5O3P. The number of benzene rings is 1. The summed E-state index contributed by atoms with van der Waals surface area (Å²) >= 11 is 5.96. The largest absolute Gasteiger partial charge is 0.368 e. The zero-order valence-electron chi connectivity index (χ0n) is 11.9. The smallest absolute Gasteiger partial charge is 0.362 e. The second-order valence-corrected chi connectivity index (χ2v) is 6.67. The van der Waals surface area contributed by atoms with Gasteiger partial charge in [0, 0.05) is 14.2 Å². The Hall–Kier alpha value is -1.86. The third-order valence-electron chi connectivity index (χ3n) is 2.76. The molecule has 10 heteroatoms. The molecule has 8 nitrogen and oxygen atoms in total. The van der Waals surface area contributed by atoms with Crippen molar-refractivity contribution in [2.24, 2.45) is 0 Å². The Kier molecular flexibility index (Phi) is 5.20. The second-order valence-electron chi connectivity index (χ2n) is 4.05. The van der Waals surface area contributed by atoms with E-state index in [1.165, 1.54) is 20.4 Å². The zero-order valence-corrected chi connectivity index (χ0v) is 13.6. The van der Waals surface area contributed by atoms with Crippen molar-refractivity contribution in [3.05, 3.63) is 35.5 Å². The molecule has 1 aromatic heterocycles. The maximum Gasteiger partial charge on any atom is 0.362 e. The summed E-state index contributed by atoms with van der Waals surface area (Å²) in [5.41, 5.74) is 11.6. The van der Waals surface area contributed by atoms with Gasteiger partial charge in [0.05, 0.1) is 17.2 Å². The second kappa shape index (κ2) is 6.93. The van der Waals surface area contributed by atoms with E-state index < -0.39 is 7.60 Å². The van der Waals surface area contributed by atoms with Crippen molar-refractivity contribution in [1.82, 2.24) is 9.97 Å². The molecule has 0 bridgehead atoms. The summed E-state index contributed by atoms with van der Waals surface area (Å²) in [7, 11) is -0.775. The first-order valence-corrected chi connectivity index (χ1v) is 8.03. The van der Waals surface area contributed by atoms with E-state index in [1.54, 1.807) is 24.3 Å². The molecule has 0 atom stereocenters. The van der Waals surface area contributed by atoms with Crippen molar-refractivity contribution in [3.8, 4) is 0 Å². The summed E-state index contributed by atoms with van der Waals surface area (Å²) in [4.78, 5) is 7.71. The van der Waals surface area contributed by atoms with Crippen LogP contribution in [0.1, 0.15) is 0 Å². The number of halogens is 1. The minimum absolute atomic E-state index is 0.0708. The molecule has 1 aromatic carbocycles. The van der Waals surface area contributed by atoms with E-state index in [2.05, 4.69) is 20.8 Å². The van der Waals surface area contributed by atoms with Crippen LogP contribution < -0.4 is 21.9 Å². The fraction of sp³-hybridized carbons (Fsp3) is 0.167. The molecule has 118 valence electrons.